The van der Waals surface area contributed by atoms with Crippen LogP contribution in [0.5, 0.6) is 0 Å². The molecule has 2 aromatic rings. The maximum absolute atomic E-state index is 11.9. The Morgan fingerprint density at radius 2 is 2.20 bits per heavy atom. The van der Waals surface area contributed by atoms with Crippen molar-refractivity contribution in [2.75, 3.05) is 11.9 Å². The molecule has 1 saturated carbocycles. The van der Waals surface area contributed by atoms with Crippen molar-refractivity contribution in [3.05, 3.63) is 36.7 Å². The molecule has 0 radical (unpaired) electrons. The van der Waals surface area contributed by atoms with Crippen molar-refractivity contribution in [2.45, 2.75) is 25.3 Å². The molecule has 1 aliphatic rings. The number of hydrogen-bond donors (Lipinski definition) is 2. The molecule has 1 fully saturated rings. The highest BCUT2D eigenvalue weighted by atomic mass is 16.1. The van der Waals surface area contributed by atoms with Gasteiger partial charge in [0, 0.05) is 19.0 Å². The maximum atomic E-state index is 11.9. The molecule has 6 nitrogen and oxygen atoms in total. The van der Waals surface area contributed by atoms with Crippen molar-refractivity contribution in [3.8, 4) is 5.69 Å². The average molecular weight is 271 g/mol. The summed E-state index contributed by atoms with van der Waals surface area (Å²) >= 11 is 0. The SMILES string of the molecule is O=C(CCNC1CC1)Nc1ccccc1-n1ccnn1. The Labute approximate surface area is 117 Å². The zero-order valence-corrected chi connectivity index (χ0v) is 11.1. The van der Waals surface area contributed by atoms with Gasteiger partial charge in [-0.2, -0.15) is 0 Å². The highest BCUT2D eigenvalue weighted by molar-refractivity contribution is 5.92. The third kappa shape index (κ3) is 3.21. The topological polar surface area (TPSA) is 71.8 Å². The Morgan fingerprint density at radius 3 is 2.95 bits per heavy atom. The van der Waals surface area contributed by atoms with E-state index in [2.05, 4.69) is 20.9 Å². The zero-order chi connectivity index (χ0) is 13.8. The molecule has 20 heavy (non-hydrogen) atoms. The van der Waals surface area contributed by atoms with Gasteiger partial charge in [-0.25, -0.2) is 4.68 Å². The zero-order valence-electron chi connectivity index (χ0n) is 11.1. The lowest BCUT2D eigenvalue weighted by atomic mass is 10.2. The minimum atomic E-state index is 0.00529. The van der Waals surface area contributed by atoms with Crippen LogP contribution in [0, 0.1) is 0 Å². The van der Waals surface area contributed by atoms with E-state index in [0.717, 1.165) is 17.9 Å². The van der Waals surface area contributed by atoms with Crippen LogP contribution in [0.25, 0.3) is 5.69 Å². The van der Waals surface area contributed by atoms with Crippen LogP contribution in [0.3, 0.4) is 0 Å². The summed E-state index contributed by atoms with van der Waals surface area (Å²) in [5.74, 6) is 0.00529. The second kappa shape index (κ2) is 5.83. The Morgan fingerprint density at radius 1 is 1.35 bits per heavy atom. The van der Waals surface area contributed by atoms with Crippen LogP contribution in [0.4, 0.5) is 5.69 Å². The molecule has 0 unspecified atom stereocenters. The van der Waals surface area contributed by atoms with E-state index in [1.165, 1.54) is 12.8 Å². The summed E-state index contributed by atoms with van der Waals surface area (Å²) in [4.78, 5) is 11.9. The van der Waals surface area contributed by atoms with E-state index in [0.29, 0.717) is 12.5 Å². The van der Waals surface area contributed by atoms with E-state index in [9.17, 15) is 4.79 Å². The third-order valence-electron chi connectivity index (χ3n) is 3.21. The monoisotopic (exact) mass is 271 g/mol. The molecule has 6 heteroatoms. The molecule has 0 bridgehead atoms. The third-order valence-corrected chi connectivity index (χ3v) is 3.21. The Balaban J connectivity index is 1.62. The minimum absolute atomic E-state index is 0.00529. The second-order valence-corrected chi connectivity index (χ2v) is 4.89. The highest BCUT2D eigenvalue weighted by Crippen LogP contribution is 2.19. The van der Waals surface area contributed by atoms with E-state index >= 15 is 0 Å². The predicted molar refractivity (Wildman–Crippen MR) is 75.6 cm³/mol. The minimum Gasteiger partial charge on any atom is -0.324 e. The summed E-state index contributed by atoms with van der Waals surface area (Å²) in [5.41, 5.74) is 1.56. The molecule has 3 rings (SSSR count). The van der Waals surface area contributed by atoms with Gasteiger partial charge in [-0.3, -0.25) is 4.79 Å². The number of rotatable bonds is 6. The van der Waals surface area contributed by atoms with E-state index in [-0.39, 0.29) is 5.91 Å². The summed E-state index contributed by atoms with van der Waals surface area (Å²) in [5, 5.41) is 14.0. The standard InChI is InChI=1S/C14H17N5O/c20-14(7-8-15-11-5-6-11)17-12-3-1-2-4-13(12)19-10-9-16-18-19/h1-4,9-11,15H,5-8H2,(H,17,20). The molecule has 1 amide bonds. The Hall–Kier alpha value is -2.21. The van der Waals surface area contributed by atoms with Crippen molar-refractivity contribution < 1.29 is 4.79 Å². The number of para-hydroxylation sites is 2. The van der Waals surface area contributed by atoms with Crippen molar-refractivity contribution in [1.29, 1.82) is 0 Å². The highest BCUT2D eigenvalue weighted by Gasteiger charge is 2.20. The van der Waals surface area contributed by atoms with Gasteiger partial charge < -0.3 is 10.6 Å². The van der Waals surface area contributed by atoms with Gasteiger partial charge in [0.25, 0.3) is 0 Å². The first-order valence-electron chi connectivity index (χ1n) is 6.82. The smallest absolute Gasteiger partial charge is 0.225 e. The van der Waals surface area contributed by atoms with Gasteiger partial charge in [-0.05, 0) is 25.0 Å². The number of amides is 1. The Kier molecular flexibility index (Phi) is 3.73. The average Bonchev–Trinajstić information content (AvgIpc) is 3.11. The number of anilines is 1. The molecule has 2 N–H and O–H groups in total. The van der Waals surface area contributed by atoms with Crippen molar-refractivity contribution >= 4 is 11.6 Å². The molecular formula is C14H17N5O. The molecule has 1 heterocycles. The van der Waals surface area contributed by atoms with Crippen LogP contribution in [0.1, 0.15) is 19.3 Å². The van der Waals surface area contributed by atoms with Crippen molar-refractivity contribution in [3.63, 3.8) is 0 Å². The van der Waals surface area contributed by atoms with Crippen LogP contribution < -0.4 is 10.6 Å². The summed E-state index contributed by atoms with van der Waals surface area (Å²) < 4.78 is 1.64. The Bertz CT molecular complexity index is 577. The molecule has 0 aliphatic heterocycles. The lowest BCUT2D eigenvalue weighted by Crippen LogP contribution is -2.23. The van der Waals surface area contributed by atoms with Crippen LogP contribution in [-0.2, 0) is 4.79 Å². The number of benzene rings is 1. The number of nitrogens with zero attached hydrogens (tertiary/aromatic N) is 3. The molecule has 1 aliphatic carbocycles. The van der Waals surface area contributed by atoms with Crippen molar-refractivity contribution in [2.24, 2.45) is 0 Å². The first-order chi connectivity index (χ1) is 9.83. The van der Waals surface area contributed by atoms with E-state index in [1.807, 2.05) is 24.3 Å². The van der Waals surface area contributed by atoms with Gasteiger partial charge in [-0.15, -0.1) is 5.10 Å². The lowest BCUT2D eigenvalue weighted by molar-refractivity contribution is -0.116. The van der Waals surface area contributed by atoms with Crippen LogP contribution >= 0.6 is 0 Å². The van der Waals surface area contributed by atoms with E-state index in [4.69, 9.17) is 0 Å². The van der Waals surface area contributed by atoms with Crippen molar-refractivity contribution in [1.82, 2.24) is 20.3 Å². The van der Waals surface area contributed by atoms with Crippen LogP contribution in [0.2, 0.25) is 0 Å². The first kappa shape index (κ1) is 12.8. The normalized spacial score (nSPS) is 14.2. The fourth-order valence-corrected chi connectivity index (χ4v) is 2.01. The molecule has 104 valence electrons. The summed E-state index contributed by atoms with van der Waals surface area (Å²) in [6, 6.07) is 8.18. The second-order valence-electron chi connectivity index (χ2n) is 4.89. The van der Waals surface area contributed by atoms with Gasteiger partial charge in [-0.1, -0.05) is 17.3 Å². The number of hydrogen-bond acceptors (Lipinski definition) is 4. The molecule has 0 saturated heterocycles. The van der Waals surface area contributed by atoms with Gasteiger partial charge in [0.2, 0.25) is 5.91 Å². The van der Waals surface area contributed by atoms with Crippen LogP contribution in [0.15, 0.2) is 36.7 Å². The van der Waals surface area contributed by atoms with Gasteiger partial charge >= 0.3 is 0 Å². The fourth-order valence-electron chi connectivity index (χ4n) is 2.01. The molecule has 1 aromatic heterocycles. The number of carbonyl (C=O) groups excluding carboxylic acids is 1. The fraction of sp³-hybridized carbons (Fsp3) is 0.357. The van der Waals surface area contributed by atoms with E-state index < -0.39 is 0 Å². The van der Waals surface area contributed by atoms with Gasteiger partial charge in [0.15, 0.2) is 0 Å². The first-order valence-corrected chi connectivity index (χ1v) is 6.82. The molecule has 0 atom stereocenters. The predicted octanol–water partition coefficient (Wildman–Crippen LogP) is 1.35. The van der Waals surface area contributed by atoms with Gasteiger partial charge in [0.1, 0.15) is 0 Å². The molecule has 0 spiro atoms. The molecule has 1 aromatic carbocycles. The van der Waals surface area contributed by atoms with E-state index in [1.54, 1.807) is 17.1 Å². The lowest BCUT2D eigenvalue weighted by Gasteiger charge is -2.10. The number of carbonyl (C=O) groups is 1. The van der Waals surface area contributed by atoms with Gasteiger partial charge in [0.05, 0.1) is 23.8 Å². The largest absolute Gasteiger partial charge is 0.324 e. The van der Waals surface area contributed by atoms with Crippen LogP contribution in [-0.4, -0.2) is 33.5 Å². The summed E-state index contributed by atoms with van der Waals surface area (Å²) in [6.07, 6.45) is 6.30. The quantitative estimate of drug-likeness (QED) is 0.832. The summed E-state index contributed by atoms with van der Waals surface area (Å²) in [6.45, 7) is 0.724. The maximum Gasteiger partial charge on any atom is 0.225 e. The summed E-state index contributed by atoms with van der Waals surface area (Å²) in [7, 11) is 0. The number of nitrogens with one attached hydrogen (secondary N) is 2. The number of aromatic nitrogens is 3. The molecular weight excluding hydrogens is 254 g/mol.